The highest BCUT2D eigenvalue weighted by molar-refractivity contribution is 6.30. The van der Waals surface area contributed by atoms with Crippen LogP contribution in [0, 0.1) is 12.8 Å². The van der Waals surface area contributed by atoms with Crippen LogP contribution in [-0.4, -0.2) is 39.1 Å². The lowest BCUT2D eigenvalue weighted by atomic mass is 10.0. The number of aromatic nitrogens is 2. The Kier molecular flexibility index (Phi) is 4.56. The van der Waals surface area contributed by atoms with Gasteiger partial charge in [-0.15, -0.1) is 0 Å². The molecule has 1 aliphatic rings. The second-order valence-electron chi connectivity index (χ2n) is 5.92. The molecule has 2 heterocycles. The fraction of sp³-hybridized carbons (Fsp3) is 0.643. The Morgan fingerprint density at radius 1 is 1.43 bits per heavy atom. The molecule has 1 aromatic heterocycles. The maximum atomic E-state index is 12.5. The van der Waals surface area contributed by atoms with Gasteiger partial charge in [-0.2, -0.15) is 5.10 Å². The van der Waals surface area contributed by atoms with Gasteiger partial charge in [0, 0.05) is 12.6 Å². The Labute approximate surface area is 129 Å². The average molecular weight is 313 g/mol. The van der Waals surface area contributed by atoms with E-state index >= 15 is 0 Å². The lowest BCUT2D eigenvalue weighted by Crippen LogP contribution is -2.57. The van der Waals surface area contributed by atoms with E-state index in [1.165, 1.54) is 0 Å². The minimum atomic E-state index is -0.443. The van der Waals surface area contributed by atoms with Crippen LogP contribution in [0.5, 0.6) is 0 Å². The first-order valence-corrected chi connectivity index (χ1v) is 7.43. The molecule has 21 heavy (non-hydrogen) atoms. The smallest absolute Gasteiger partial charge is 0.245 e. The number of halogens is 1. The van der Waals surface area contributed by atoms with Crippen molar-refractivity contribution in [2.24, 2.45) is 13.0 Å². The van der Waals surface area contributed by atoms with E-state index in [0.717, 1.165) is 11.3 Å². The number of nitrogens with one attached hydrogen (secondary N) is 1. The number of carbonyl (C=O) groups excluding carboxylic acids is 2. The Bertz CT molecular complexity index is 568. The molecule has 1 atom stereocenters. The summed E-state index contributed by atoms with van der Waals surface area (Å²) in [6, 6.07) is -0.443. The van der Waals surface area contributed by atoms with Crippen molar-refractivity contribution in [1.29, 1.82) is 0 Å². The Balaban J connectivity index is 2.18. The number of aryl methyl sites for hydroxylation is 2. The van der Waals surface area contributed by atoms with Gasteiger partial charge < -0.3 is 10.2 Å². The van der Waals surface area contributed by atoms with Gasteiger partial charge in [-0.3, -0.25) is 14.3 Å². The number of piperazine rings is 1. The Morgan fingerprint density at radius 2 is 2.10 bits per heavy atom. The van der Waals surface area contributed by atoms with Crippen molar-refractivity contribution >= 4 is 23.4 Å². The molecule has 6 nitrogen and oxygen atoms in total. The zero-order valence-electron chi connectivity index (χ0n) is 12.8. The van der Waals surface area contributed by atoms with Crippen molar-refractivity contribution in [2.45, 2.75) is 39.8 Å². The lowest BCUT2D eigenvalue weighted by Gasteiger charge is -2.33. The molecule has 0 spiro atoms. The lowest BCUT2D eigenvalue weighted by molar-refractivity contribution is -0.145. The van der Waals surface area contributed by atoms with E-state index in [1.54, 1.807) is 16.6 Å². The van der Waals surface area contributed by atoms with Crippen LogP contribution >= 0.6 is 11.6 Å². The summed E-state index contributed by atoms with van der Waals surface area (Å²) in [5.74, 6) is 0.156. The number of hydrogen-bond donors (Lipinski definition) is 1. The van der Waals surface area contributed by atoms with Gasteiger partial charge in [0.25, 0.3) is 0 Å². The van der Waals surface area contributed by atoms with Crippen molar-refractivity contribution in [3.05, 3.63) is 16.4 Å². The molecule has 116 valence electrons. The molecule has 1 aromatic rings. The summed E-state index contributed by atoms with van der Waals surface area (Å²) in [5.41, 5.74) is 1.58. The molecule has 2 rings (SSSR count). The third-order valence-corrected chi connectivity index (χ3v) is 4.08. The number of amides is 2. The number of rotatable bonds is 4. The standard InChI is InChI=1S/C14H21ClN4O2/c1-8(2)5-11-14(21)19(7-12(20)16-11)6-10-9(3)17-18(4)13(10)15/h8,11H,5-7H2,1-4H3,(H,16,20). The first-order valence-electron chi connectivity index (χ1n) is 7.05. The van der Waals surface area contributed by atoms with Crippen molar-refractivity contribution < 1.29 is 9.59 Å². The van der Waals surface area contributed by atoms with Crippen molar-refractivity contribution in [3.8, 4) is 0 Å². The van der Waals surface area contributed by atoms with E-state index in [9.17, 15) is 9.59 Å². The van der Waals surface area contributed by atoms with Gasteiger partial charge in [-0.25, -0.2) is 0 Å². The molecular weight excluding hydrogens is 292 g/mol. The summed E-state index contributed by atoms with van der Waals surface area (Å²) in [5, 5.41) is 7.50. The van der Waals surface area contributed by atoms with Crippen LogP contribution in [-0.2, 0) is 23.2 Å². The first kappa shape index (κ1) is 15.8. The molecule has 1 unspecified atom stereocenters. The Morgan fingerprint density at radius 3 is 2.62 bits per heavy atom. The maximum Gasteiger partial charge on any atom is 0.245 e. The fourth-order valence-corrected chi connectivity index (χ4v) is 2.82. The van der Waals surface area contributed by atoms with Crippen molar-refractivity contribution in [1.82, 2.24) is 20.0 Å². The van der Waals surface area contributed by atoms with Crippen LogP contribution in [0.4, 0.5) is 0 Å². The van der Waals surface area contributed by atoms with Crippen molar-refractivity contribution in [2.75, 3.05) is 6.54 Å². The van der Waals surface area contributed by atoms with Crippen LogP contribution < -0.4 is 5.32 Å². The summed E-state index contributed by atoms with van der Waals surface area (Å²) >= 11 is 6.20. The van der Waals surface area contributed by atoms with Crippen LogP contribution in [0.2, 0.25) is 5.15 Å². The second kappa shape index (κ2) is 6.05. The summed E-state index contributed by atoms with van der Waals surface area (Å²) < 4.78 is 1.58. The van der Waals surface area contributed by atoms with E-state index in [0.29, 0.717) is 24.0 Å². The highest BCUT2D eigenvalue weighted by Crippen LogP contribution is 2.22. The third kappa shape index (κ3) is 3.37. The molecule has 2 amide bonds. The summed E-state index contributed by atoms with van der Waals surface area (Å²) in [7, 11) is 1.76. The molecular formula is C14H21ClN4O2. The zero-order chi connectivity index (χ0) is 15.7. The van der Waals surface area contributed by atoms with Gasteiger partial charge >= 0.3 is 0 Å². The summed E-state index contributed by atoms with van der Waals surface area (Å²) in [6.45, 7) is 6.29. The summed E-state index contributed by atoms with van der Waals surface area (Å²) in [6.07, 6.45) is 0.640. The molecule has 0 aliphatic carbocycles. The van der Waals surface area contributed by atoms with Gasteiger partial charge in [0.15, 0.2) is 0 Å². The van der Waals surface area contributed by atoms with E-state index in [2.05, 4.69) is 10.4 Å². The molecule has 0 saturated carbocycles. The third-order valence-electron chi connectivity index (χ3n) is 3.61. The molecule has 0 bridgehead atoms. The normalized spacial score (nSPS) is 19.3. The van der Waals surface area contributed by atoms with Gasteiger partial charge in [-0.1, -0.05) is 25.4 Å². The number of nitrogens with zero attached hydrogens (tertiary/aromatic N) is 3. The van der Waals surface area contributed by atoms with Crippen molar-refractivity contribution in [3.63, 3.8) is 0 Å². The van der Waals surface area contributed by atoms with E-state index in [-0.39, 0.29) is 18.4 Å². The van der Waals surface area contributed by atoms with Crippen LogP contribution in [0.3, 0.4) is 0 Å². The zero-order valence-corrected chi connectivity index (χ0v) is 13.6. The molecule has 7 heteroatoms. The monoisotopic (exact) mass is 312 g/mol. The van der Waals surface area contributed by atoms with E-state index in [4.69, 9.17) is 11.6 Å². The van der Waals surface area contributed by atoms with Gasteiger partial charge in [0.05, 0.1) is 18.8 Å². The highest BCUT2D eigenvalue weighted by Gasteiger charge is 2.33. The van der Waals surface area contributed by atoms with E-state index < -0.39 is 6.04 Å². The fourth-order valence-electron chi connectivity index (χ4n) is 2.58. The predicted molar refractivity (Wildman–Crippen MR) is 79.8 cm³/mol. The molecule has 1 aliphatic heterocycles. The topological polar surface area (TPSA) is 67.2 Å². The quantitative estimate of drug-likeness (QED) is 0.910. The largest absolute Gasteiger partial charge is 0.343 e. The summed E-state index contributed by atoms with van der Waals surface area (Å²) in [4.78, 5) is 25.9. The van der Waals surface area contributed by atoms with Crippen LogP contribution in [0.1, 0.15) is 31.5 Å². The Hall–Kier alpha value is -1.56. The molecule has 1 fully saturated rings. The van der Waals surface area contributed by atoms with Crippen LogP contribution in [0.15, 0.2) is 0 Å². The van der Waals surface area contributed by atoms with Gasteiger partial charge in [0.2, 0.25) is 11.8 Å². The van der Waals surface area contributed by atoms with E-state index in [1.807, 2.05) is 20.8 Å². The molecule has 1 saturated heterocycles. The highest BCUT2D eigenvalue weighted by atomic mass is 35.5. The predicted octanol–water partition coefficient (Wildman–Crippen LogP) is 1.26. The minimum absolute atomic E-state index is 0.0531. The first-order chi connectivity index (χ1) is 9.79. The van der Waals surface area contributed by atoms with Gasteiger partial charge in [0.1, 0.15) is 11.2 Å². The molecule has 0 aromatic carbocycles. The number of carbonyl (C=O) groups is 2. The molecule has 0 radical (unpaired) electrons. The average Bonchev–Trinajstić information content (AvgIpc) is 2.61. The maximum absolute atomic E-state index is 12.5. The second-order valence-corrected chi connectivity index (χ2v) is 6.28. The SMILES string of the molecule is Cc1nn(C)c(Cl)c1CN1CC(=O)NC(CC(C)C)C1=O. The van der Waals surface area contributed by atoms with Crippen LogP contribution in [0.25, 0.3) is 0 Å². The molecule has 1 N–H and O–H groups in total. The minimum Gasteiger partial charge on any atom is -0.343 e. The number of hydrogen-bond acceptors (Lipinski definition) is 3. The van der Waals surface area contributed by atoms with Gasteiger partial charge in [-0.05, 0) is 19.3 Å².